The van der Waals surface area contributed by atoms with Crippen LogP contribution in [0.3, 0.4) is 0 Å². The van der Waals surface area contributed by atoms with Gasteiger partial charge in [-0.15, -0.1) is 0 Å². The monoisotopic (exact) mass is 578 g/mol. The number of nitrogens with one attached hydrogen (secondary N) is 2. The molecule has 0 fully saturated rings. The molecule has 0 unspecified atom stereocenters. The van der Waals surface area contributed by atoms with Crippen molar-refractivity contribution < 1.29 is 0 Å². The molecule has 6 nitrogen and oxygen atoms in total. The summed E-state index contributed by atoms with van der Waals surface area (Å²) in [6.07, 6.45) is 3.76. The zero-order chi connectivity index (χ0) is 30.2. The van der Waals surface area contributed by atoms with Crippen LogP contribution in [0.2, 0.25) is 0 Å². The molecule has 8 rings (SSSR count). The molecule has 7 aromatic rings. The van der Waals surface area contributed by atoms with Crippen molar-refractivity contribution in [1.29, 1.82) is 5.41 Å². The highest BCUT2D eigenvalue weighted by atomic mass is 15.3. The number of hydrogen-bond donors (Lipinski definition) is 2. The van der Waals surface area contributed by atoms with Crippen LogP contribution >= 0.6 is 0 Å². The second kappa shape index (κ2) is 11.1. The van der Waals surface area contributed by atoms with Gasteiger partial charge in [0.1, 0.15) is 5.71 Å². The fraction of sp³-hybridized carbons (Fsp3) is 0. The van der Waals surface area contributed by atoms with Gasteiger partial charge in [-0.25, -0.2) is 15.0 Å². The smallest absolute Gasteiger partial charge is 0.164 e. The average Bonchev–Trinajstić information content (AvgIpc) is 3.11. The molecule has 0 saturated heterocycles. The van der Waals surface area contributed by atoms with Crippen molar-refractivity contribution >= 4 is 44.7 Å². The SMILES string of the molecule is N=C1C=Cc2ccc3ccc(-c4nc(-c5ccccc5)nc(-c5ccc6ccccc6c5)n4)cc3c2/C1=N/Nc1ccccc1. The number of benzene rings is 6. The van der Waals surface area contributed by atoms with Gasteiger partial charge >= 0.3 is 0 Å². The van der Waals surface area contributed by atoms with E-state index in [1.807, 2.05) is 84.9 Å². The minimum Gasteiger partial charge on any atom is -0.299 e. The molecule has 6 aromatic carbocycles. The summed E-state index contributed by atoms with van der Waals surface area (Å²) < 4.78 is 0. The molecule has 0 saturated carbocycles. The molecule has 0 bridgehead atoms. The maximum absolute atomic E-state index is 8.75. The van der Waals surface area contributed by atoms with E-state index in [9.17, 15) is 0 Å². The van der Waals surface area contributed by atoms with Gasteiger partial charge in [-0.1, -0.05) is 115 Å². The quantitative estimate of drug-likeness (QED) is 0.200. The first kappa shape index (κ1) is 26.4. The average molecular weight is 579 g/mol. The number of anilines is 1. The first-order valence-corrected chi connectivity index (χ1v) is 14.7. The summed E-state index contributed by atoms with van der Waals surface area (Å²) in [6, 6.07) is 44.7. The Kier molecular flexibility index (Phi) is 6.50. The van der Waals surface area contributed by atoms with Crippen molar-refractivity contribution in [2.75, 3.05) is 5.43 Å². The summed E-state index contributed by atoms with van der Waals surface area (Å²) in [7, 11) is 0. The Morgan fingerprint density at radius 2 is 1.11 bits per heavy atom. The van der Waals surface area contributed by atoms with Crippen molar-refractivity contribution in [3.63, 3.8) is 0 Å². The fourth-order valence-corrected chi connectivity index (χ4v) is 5.69. The number of aromatic nitrogens is 3. The molecule has 2 N–H and O–H groups in total. The fourth-order valence-electron chi connectivity index (χ4n) is 5.69. The van der Waals surface area contributed by atoms with Crippen LogP contribution in [0.1, 0.15) is 11.1 Å². The third-order valence-electron chi connectivity index (χ3n) is 7.98. The van der Waals surface area contributed by atoms with Crippen LogP contribution < -0.4 is 5.43 Å². The molecule has 0 atom stereocenters. The highest BCUT2D eigenvalue weighted by Gasteiger charge is 2.21. The molecule has 212 valence electrons. The van der Waals surface area contributed by atoms with E-state index in [-0.39, 0.29) is 0 Å². The maximum Gasteiger partial charge on any atom is 0.164 e. The van der Waals surface area contributed by atoms with Crippen LogP contribution in [0, 0.1) is 5.41 Å². The molecule has 1 aliphatic carbocycles. The predicted molar refractivity (Wildman–Crippen MR) is 185 cm³/mol. The summed E-state index contributed by atoms with van der Waals surface area (Å²) in [4.78, 5) is 14.9. The molecular formula is C39H26N6. The second-order valence-corrected chi connectivity index (χ2v) is 10.9. The van der Waals surface area contributed by atoms with Crippen molar-refractivity contribution in [1.82, 2.24) is 15.0 Å². The zero-order valence-electron chi connectivity index (χ0n) is 24.1. The van der Waals surface area contributed by atoms with Gasteiger partial charge in [-0.05, 0) is 57.4 Å². The topological polar surface area (TPSA) is 86.9 Å². The van der Waals surface area contributed by atoms with E-state index in [2.05, 4.69) is 60.0 Å². The third kappa shape index (κ3) is 5.04. The standard InChI is InChI=1S/C39H26N6/c40-34-22-21-27-18-16-26-17-20-31(24-33(26)35(27)36(34)45-44-32-13-5-2-6-14-32)39-42-37(28-10-3-1-4-11-28)41-38(43-39)30-19-15-25-9-7-8-12-29(25)23-30/h1-24,40,44H/b40-34?,45-36+. The number of para-hydroxylation sites is 1. The van der Waals surface area contributed by atoms with Crippen LogP contribution in [0.4, 0.5) is 5.69 Å². The predicted octanol–water partition coefficient (Wildman–Crippen LogP) is 9.04. The zero-order valence-corrected chi connectivity index (χ0v) is 24.1. The summed E-state index contributed by atoms with van der Waals surface area (Å²) in [5.74, 6) is 1.80. The summed E-state index contributed by atoms with van der Waals surface area (Å²) >= 11 is 0. The van der Waals surface area contributed by atoms with Crippen LogP contribution in [0.5, 0.6) is 0 Å². The molecular weight excluding hydrogens is 552 g/mol. The van der Waals surface area contributed by atoms with E-state index >= 15 is 0 Å². The van der Waals surface area contributed by atoms with Crippen LogP contribution in [-0.2, 0) is 0 Å². The Balaban J connectivity index is 1.30. The molecule has 6 heteroatoms. The minimum absolute atomic E-state index is 0.342. The molecule has 0 aliphatic heterocycles. The van der Waals surface area contributed by atoms with E-state index in [4.69, 9.17) is 25.5 Å². The summed E-state index contributed by atoms with van der Waals surface area (Å²) in [6.45, 7) is 0. The highest BCUT2D eigenvalue weighted by Crippen LogP contribution is 2.32. The number of allylic oxidation sites excluding steroid dienone is 1. The van der Waals surface area contributed by atoms with Crippen LogP contribution in [0.25, 0.3) is 61.8 Å². The largest absolute Gasteiger partial charge is 0.299 e. The lowest BCUT2D eigenvalue weighted by Crippen LogP contribution is -2.19. The number of hydrazone groups is 1. The molecule has 1 aliphatic rings. The normalized spacial score (nSPS) is 13.3. The number of rotatable bonds is 5. The van der Waals surface area contributed by atoms with E-state index < -0.39 is 0 Å². The van der Waals surface area contributed by atoms with E-state index in [0.717, 1.165) is 55.0 Å². The molecule has 0 spiro atoms. The number of nitrogens with zero attached hydrogens (tertiary/aromatic N) is 4. The van der Waals surface area contributed by atoms with Gasteiger partial charge in [0.05, 0.1) is 11.4 Å². The Morgan fingerprint density at radius 1 is 0.511 bits per heavy atom. The minimum atomic E-state index is 0.342. The van der Waals surface area contributed by atoms with Crippen molar-refractivity contribution in [3.8, 4) is 34.2 Å². The summed E-state index contributed by atoms with van der Waals surface area (Å²) in [5, 5.41) is 17.8. The van der Waals surface area contributed by atoms with Gasteiger partial charge in [-0.3, -0.25) is 10.8 Å². The second-order valence-electron chi connectivity index (χ2n) is 10.9. The Morgan fingerprint density at radius 3 is 1.87 bits per heavy atom. The van der Waals surface area contributed by atoms with E-state index in [1.165, 1.54) is 0 Å². The lowest BCUT2D eigenvalue weighted by atomic mass is 9.88. The molecule has 45 heavy (non-hydrogen) atoms. The van der Waals surface area contributed by atoms with Gasteiger partial charge in [0, 0.05) is 22.3 Å². The van der Waals surface area contributed by atoms with Gasteiger partial charge in [0.15, 0.2) is 17.5 Å². The molecule has 0 radical (unpaired) electrons. The van der Waals surface area contributed by atoms with Gasteiger partial charge in [-0.2, -0.15) is 5.10 Å². The highest BCUT2D eigenvalue weighted by molar-refractivity contribution is 6.55. The van der Waals surface area contributed by atoms with Crippen molar-refractivity contribution in [2.45, 2.75) is 0 Å². The molecule has 1 heterocycles. The Labute approximate surface area is 260 Å². The third-order valence-corrected chi connectivity index (χ3v) is 7.98. The molecule has 0 amide bonds. The van der Waals surface area contributed by atoms with Crippen molar-refractivity contribution in [2.24, 2.45) is 5.10 Å². The maximum atomic E-state index is 8.75. The first-order chi connectivity index (χ1) is 22.2. The van der Waals surface area contributed by atoms with Gasteiger partial charge in [0.2, 0.25) is 0 Å². The number of hydrogen-bond acceptors (Lipinski definition) is 6. The summed E-state index contributed by atoms with van der Waals surface area (Å²) in [5.41, 5.74) is 9.52. The van der Waals surface area contributed by atoms with Crippen molar-refractivity contribution in [3.05, 3.63) is 151 Å². The Hall–Kier alpha value is -6.27. The number of fused-ring (bicyclic) bond motifs is 4. The van der Waals surface area contributed by atoms with Crippen LogP contribution in [-0.4, -0.2) is 26.4 Å². The first-order valence-electron chi connectivity index (χ1n) is 14.7. The molecule has 1 aromatic heterocycles. The lowest BCUT2D eigenvalue weighted by Gasteiger charge is -2.18. The van der Waals surface area contributed by atoms with Gasteiger partial charge < -0.3 is 0 Å². The van der Waals surface area contributed by atoms with E-state index in [0.29, 0.717) is 28.9 Å². The lowest BCUT2D eigenvalue weighted by molar-refractivity contribution is 1.07. The Bertz CT molecular complexity index is 2310. The van der Waals surface area contributed by atoms with E-state index in [1.54, 1.807) is 6.08 Å². The van der Waals surface area contributed by atoms with Gasteiger partial charge in [0.25, 0.3) is 0 Å². The van der Waals surface area contributed by atoms with Crippen LogP contribution in [0.15, 0.2) is 145 Å².